The lowest BCUT2D eigenvalue weighted by atomic mass is 10.1. The molecule has 1 fully saturated rings. The molecule has 0 saturated carbocycles. The fourth-order valence-corrected chi connectivity index (χ4v) is 2.48. The highest BCUT2D eigenvalue weighted by molar-refractivity contribution is 5.78. The second kappa shape index (κ2) is 6.78. The van der Waals surface area contributed by atoms with Crippen molar-refractivity contribution in [1.82, 2.24) is 15.1 Å². The van der Waals surface area contributed by atoms with E-state index in [1.54, 1.807) is 0 Å². The van der Waals surface area contributed by atoms with Crippen LogP contribution < -0.4 is 5.32 Å². The molecule has 2 rings (SSSR count). The molecule has 1 aromatic rings. The number of rotatable bonds is 4. The molecule has 1 heterocycles. The molecule has 1 aliphatic rings. The lowest BCUT2D eigenvalue weighted by molar-refractivity contribution is -0.133. The number of carbonyl (C=O) groups excluding carboxylic acids is 1. The highest BCUT2D eigenvalue weighted by Crippen LogP contribution is 2.30. The van der Waals surface area contributed by atoms with E-state index in [1.165, 1.54) is 18.2 Å². The maximum Gasteiger partial charge on any atom is 0.236 e. The summed E-state index contributed by atoms with van der Waals surface area (Å²) in [5.74, 6) is 0.323. The number of piperazine rings is 1. The van der Waals surface area contributed by atoms with Gasteiger partial charge in [-0.3, -0.25) is 9.69 Å². The summed E-state index contributed by atoms with van der Waals surface area (Å²) in [7, 11) is 1.84. The Hall–Kier alpha value is -1.79. The van der Waals surface area contributed by atoms with Crippen molar-refractivity contribution in [3.8, 4) is 11.5 Å². The molecule has 116 valence electrons. The van der Waals surface area contributed by atoms with Gasteiger partial charge in [0.2, 0.25) is 5.91 Å². The predicted molar refractivity (Wildman–Crippen MR) is 80.3 cm³/mol. The molecule has 1 aliphatic heterocycles. The van der Waals surface area contributed by atoms with E-state index in [1.807, 2.05) is 23.8 Å². The van der Waals surface area contributed by atoms with Crippen LogP contribution in [0.3, 0.4) is 0 Å². The maximum atomic E-state index is 12.2. The Morgan fingerprint density at radius 3 is 2.71 bits per heavy atom. The molecule has 1 atom stereocenters. The van der Waals surface area contributed by atoms with Crippen LogP contribution in [0.25, 0.3) is 0 Å². The molecule has 0 radical (unpaired) electrons. The summed E-state index contributed by atoms with van der Waals surface area (Å²) in [6.45, 7) is 5.32. The van der Waals surface area contributed by atoms with E-state index in [0.717, 1.165) is 26.2 Å². The van der Waals surface area contributed by atoms with Gasteiger partial charge >= 0.3 is 0 Å². The van der Waals surface area contributed by atoms with Crippen LogP contribution >= 0.6 is 0 Å². The Bertz CT molecular complexity index is 501. The average molecular weight is 293 g/mol. The van der Waals surface area contributed by atoms with Gasteiger partial charge in [-0.25, -0.2) is 0 Å². The zero-order valence-electron chi connectivity index (χ0n) is 12.5. The lowest BCUT2D eigenvalue weighted by Gasteiger charge is -2.31. The molecule has 6 heteroatoms. The fraction of sp³-hybridized carbons (Fsp3) is 0.533. The van der Waals surface area contributed by atoms with Crippen LogP contribution in [0.4, 0.5) is 0 Å². The number of likely N-dealkylation sites (N-methyl/N-ethyl adjacent to an activating group) is 1. The van der Waals surface area contributed by atoms with Gasteiger partial charge in [-0.1, -0.05) is 0 Å². The minimum absolute atomic E-state index is 0.0884. The summed E-state index contributed by atoms with van der Waals surface area (Å²) in [6, 6.07) is 4.28. The van der Waals surface area contributed by atoms with Crippen LogP contribution in [0, 0.1) is 0 Å². The van der Waals surface area contributed by atoms with Crippen LogP contribution in [0.15, 0.2) is 18.2 Å². The van der Waals surface area contributed by atoms with Gasteiger partial charge in [-0.2, -0.15) is 0 Å². The molecule has 6 nitrogen and oxygen atoms in total. The number of hydrogen-bond donors (Lipinski definition) is 3. The molecule has 0 aliphatic carbocycles. The van der Waals surface area contributed by atoms with Gasteiger partial charge in [-0.05, 0) is 32.2 Å². The van der Waals surface area contributed by atoms with Gasteiger partial charge in [0, 0.05) is 37.8 Å². The number of nitrogens with one attached hydrogen (secondary N) is 1. The van der Waals surface area contributed by atoms with Gasteiger partial charge in [0.15, 0.2) is 0 Å². The van der Waals surface area contributed by atoms with E-state index in [4.69, 9.17) is 0 Å². The number of benzene rings is 1. The van der Waals surface area contributed by atoms with Crippen LogP contribution in [-0.2, 0) is 4.79 Å². The first-order valence-electron chi connectivity index (χ1n) is 7.19. The van der Waals surface area contributed by atoms with Crippen molar-refractivity contribution >= 4 is 5.91 Å². The number of hydrogen-bond acceptors (Lipinski definition) is 5. The number of phenols is 2. The molecule has 1 amide bonds. The van der Waals surface area contributed by atoms with E-state index in [9.17, 15) is 15.0 Å². The van der Waals surface area contributed by atoms with Crippen LogP contribution in [0.5, 0.6) is 11.5 Å². The molecule has 1 aromatic carbocycles. The van der Waals surface area contributed by atoms with Crippen LogP contribution in [0.1, 0.15) is 18.5 Å². The second-order valence-electron chi connectivity index (χ2n) is 5.46. The van der Waals surface area contributed by atoms with E-state index in [-0.39, 0.29) is 30.0 Å². The van der Waals surface area contributed by atoms with Crippen molar-refractivity contribution in [3.63, 3.8) is 0 Å². The molecule has 0 spiro atoms. The minimum Gasteiger partial charge on any atom is -0.508 e. The van der Waals surface area contributed by atoms with Crippen molar-refractivity contribution in [2.75, 3.05) is 39.8 Å². The third-order valence-corrected chi connectivity index (χ3v) is 3.98. The standard InChI is InChI=1S/C15H23N3O3/c1-11(13-9-12(19)3-4-14(13)20)17(2)10-15(21)18-7-5-16-6-8-18/h3-4,9,11,16,19-20H,5-8,10H2,1-2H3. The third kappa shape index (κ3) is 3.86. The molecule has 0 bridgehead atoms. The number of nitrogens with zero attached hydrogens (tertiary/aromatic N) is 2. The monoisotopic (exact) mass is 293 g/mol. The third-order valence-electron chi connectivity index (χ3n) is 3.98. The van der Waals surface area contributed by atoms with Gasteiger partial charge in [0.05, 0.1) is 6.54 Å². The SMILES string of the molecule is CC(c1cc(O)ccc1O)N(C)CC(=O)N1CCNCC1. The molecule has 1 saturated heterocycles. The maximum absolute atomic E-state index is 12.2. The predicted octanol–water partition coefficient (Wildman–Crippen LogP) is 0.522. The van der Waals surface area contributed by atoms with Crippen molar-refractivity contribution in [2.45, 2.75) is 13.0 Å². The van der Waals surface area contributed by atoms with Crippen LogP contribution in [0.2, 0.25) is 0 Å². The molecule has 0 aromatic heterocycles. The molecular formula is C15H23N3O3. The van der Waals surface area contributed by atoms with Gasteiger partial charge in [0.25, 0.3) is 0 Å². The van der Waals surface area contributed by atoms with Crippen molar-refractivity contribution < 1.29 is 15.0 Å². The Balaban J connectivity index is 2.00. The van der Waals surface area contributed by atoms with Crippen molar-refractivity contribution in [3.05, 3.63) is 23.8 Å². The lowest BCUT2D eigenvalue weighted by Crippen LogP contribution is -2.49. The van der Waals surface area contributed by atoms with Crippen molar-refractivity contribution in [2.24, 2.45) is 0 Å². The van der Waals surface area contributed by atoms with Crippen molar-refractivity contribution in [1.29, 1.82) is 0 Å². The quantitative estimate of drug-likeness (QED) is 0.706. The number of amides is 1. The topological polar surface area (TPSA) is 76.0 Å². The Morgan fingerprint density at radius 2 is 2.05 bits per heavy atom. The number of phenolic OH excluding ortho intramolecular Hbond substituents is 2. The van der Waals surface area contributed by atoms with Gasteiger partial charge in [-0.15, -0.1) is 0 Å². The Kier molecular flexibility index (Phi) is 5.03. The largest absolute Gasteiger partial charge is 0.508 e. The average Bonchev–Trinajstić information content (AvgIpc) is 2.49. The second-order valence-corrected chi connectivity index (χ2v) is 5.46. The summed E-state index contributed by atoms with van der Waals surface area (Å²) in [5, 5.41) is 22.7. The highest BCUT2D eigenvalue weighted by Gasteiger charge is 2.22. The first-order chi connectivity index (χ1) is 9.99. The number of aromatic hydroxyl groups is 2. The summed E-state index contributed by atoms with van der Waals surface area (Å²) >= 11 is 0. The number of carbonyl (C=O) groups is 1. The molecule has 21 heavy (non-hydrogen) atoms. The Labute approximate surface area is 125 Å². The minimum atomic E-state index is -0.163. The molecule has 3 N–H and O–H groups in total. The Morgan fingerprint density at radius 1 is 1.38 bits per heavy atom. The smallest absolute Gasteiger partial charge is 0.236 e. The van der Waals surface area contributed by atoms with Gasteiger partial charge in [0.1, 0.15) is 11.5 Å². The summed E-state index contributed by atoms with van der Waals surface area (Å²) in [5.41, 5.74) is 0.616. The summed E-state index contributed by atoms with van der Waals surface area (Å²) in [4.78, 5) is 16.0. The normalized spacial score (nSPS) is 17.0. The first-order valence-corrected chi connectivity index (χ1v) is 7.19. The molecule has 1 unspecified atom stereocenters. The zero-order chi connectivity index (χ0) is 15.4. The van der Waals surface area contributed by atoms with Crippen LogP contribution in [-0.4, -0.2) is 65.7 Å². The zero-order valence-corrected chi connectivity index (χ0v) is 12.5. The highest BCUT2D eigenvalue weighted by atomic mass is 16.3. The first kappa shape index (κ1) is 15.6. The van der Waals surface area contributed by atoms with E-state index >= 15 is 0 Å². The van der Waals surface area contributed by atoms with E-state index < -0.39 is 0 Å². The van der Waals surface area contributed by atoms with E-state index in [0.29, 0.717) is 5.56 Å². The molecular weight excluding hydrogens is 270 g/mol. The summed E-state index contributed by atoms with van der Waals surface area (Å²) in [6.07, 6.45) is 0. The summed E-state index contributed by atoms with van der Waals surface area (Å²) < 4.78 is 0. The van der Waals surface area contributed by atoms with Gasteiger partial charge < -0.3 is 20.4 Å². The van der Waals surface area contributed by atoms with E-state index in [2.05, 4.69) is 5.32 Å². The fourth-order valence-electron chi connectivity index (χ4n) is 2.48.